The van der Waals surface area contributed by atoms with E-state index in [1.165, 1.54) is 42.3 Å². The number of anilines is 1. The first kappa shape index (κ1) is 19.3. The molecule has 2 heterocycles. The van der Waals surface area contributed by atoms with E-state index in [4.69, 9.17) is 0 Å². The summed E-state index contributed by atoms with van der Waals surface area (Å²) in [5.41, 5.74) is 1.66. The number of benzene rings is 1. The van der Waals surface area contributed by atoms with Gasteiger partial charge < -0.3 is 10.2 Å². The Kier molecular flexibility index (Phi) is 6.76. The van der Waals surface area contributed by atoms with E-state index < -0.39 is 0 Å². The highest BCUT2D eigenvalue weighted by molar-refractivity contribution is 5.91. The maximum atomic E-state index is 12.1. The number of amides is 1. The SMILES string of the molecule is CN(C)C(=O)c1cncc(NCC(c2ccccc2)N2CCCCCC2)n1. The molecule has 144 valence electrons. The van der Waals surface area contributed by atoms with Gasteiger partial charge in [0.25, 0.3) is 5.91 Å². The molecule has 1 unspecified atom stereocenters. The zero-order valence-corrected chi connectivity index (χ0v) is 16.3. The quantitative estimate of drug-likeness (QED) is 0.849. The summed E-state index contributed by atoms with van der Waals surface area (Å²) in [6.45, 7) is 2.97. The van der Waals surface area contributed by atoms with Crippen molar-refractivity contribution in [3.63, 3.8) is 0 Å². The molecule has 3 rings (SSSR count). The van der Waals surface area contributed by atoms with Crippen LogP contribution in [0.4, 0.5) is 5.82 Å². The zero-order chi connectivity index (χ0) is 19.1. The van der Waals surface area contributed by atoms with E-state index >= 15 is 0 Å². The summed E-state index contributed by atoms with van der Waals surface area (Å²) in [6, 6.07) is 10.9. The van der Waals surface area contributed by atoms with Crippen molar-refractivity contribution in [2.45, 2.75) is 31.7 Å². The average molecular weight is 367 g/mol. The van der Waals surface area contributed by atoms with Crippen molar-refractivity contribution >= 4 is 11.7 Å². The van der Waals surface area contributed by atoms with E-state index in [1.54, 1.807) is 20.3 Å². The van der Waals surface area contributed by atoms with Crippen molar-refractivity contribution in [3.8, 4) is 0 Å². The van der Waals surface area contributed by atoms with Gasteiger partial charge in [0.05, 0.1) is 18.4 Å². The van der Waals surface area contributed by atoms with Gasteiger partial charge in [-0.3, -0.25) is 14.7 Å². The fourth-order valence-corrected chi connectivity index (χ4v) is 3.52. The number of carbonyl (C=O) groups is 1. The minimum Gasteiger partial charge on any atom is -0.367 e. The first-order valence-corrected chi connectivity index (χ1v) is 9.71. The van der Waals surface area contributed by atoms with Crippen molar-refractivity contribution in [2.24, 2.45) is 0 Å². The van der Waals surface area contributed by atoms with Crippen LogP contribution >= 0.6 is 0 Å². The predicted octanol–water partition coefficient (Wildman–Crippen LogP) is 3.21. The van der Waals surface area contributed by atoms with Crippen LogP contribution in [0.25, 0.3) is 0 Å². The van der Waals surface area contributed by atoms with Gasteiger partial charge in [0.15, 0.2) is 0 Å². The van der Waals surface area contributed by atoms with Crippen molar-refractivity contribution in [1.29, 1.82) is 0 Å². The number of aromatic nitrogens is 2. The predicted molar refractivity (Wildman–Crippen MR) is 108 cm³/mol. The summed E-state index contributed by atoms with van der Waals surface area (Å²) < 4.78 is 0. The minimum absolute atomic E-state index is 0.140. The Balaban J connectivity index is 1.75. The molecule has 1 saturated heterocycles. The van der Waals surface area contributed by atoms with Gasteiger partial charge >= 0.3 is 0 Å². The topological polar surface area (TPSA) is 61.4 Å². The van der Waals surface area contributed by atoms with Crippen molar-refractivity contribution < 1.29 is 4.79 Å². The third-order valence-electron chi connectivity index (χ3n) is 5.00. The van der Waals surface area contributed by atoms with Crippen LogP contribution in [0.1, 0.15) is 47.8 Å². The van der Waals surface area contributed by atoms with E-state index in [1.807, 2.05) is 0 Å². The van der Waals surface area contributed by atoms with E-state index in [0.29, 0.717) is 11.5 Å². The molecule has 0 radical (unpaired) electrons. The maximum Gasteiger partial charge on any atom is 0.273 e. The number of rotatable bonds is 6. The summed E-state index contributed by atoms with van der Waals surface area (Å²) in [6.07, 6.45) is 8.30. The second-order valence-electron chi connectivity index (χ2n) is 7.25. The molecule has 2 aromatic rings. The lowest BCUT2D eigenvalue weighted by Crippen LogP contribution is -2.34. The highest BCUT2D eigenvalue weighted by atomic mass is 16.2. The molecule has 0 saturated carbocycles. The van der Waals surface area contributed by atoms with Crippen LogP contribution in [0.5, 0.6) is 0 Å². The molecule has 1 fully saturated rings. The van der Waals surface area contributed by atoms with Gasteiger partial charge in [0.1, 0.15) is 11.5 Å². The Labute approximate surface area is 161 Å². The van der Waals surface area contributed by atoms with Crippen LogP contribution < -0.4 is 5.32 Å². The molecule has 1 aliphatic rings. The minimum atomic E-state index is -0.140. The van der Waals surface area contributed by atoms with Gasteiger partial charge in [-0.2, -0.15) is 0 Å². The Morgan fingerprint density at radius 2 is 1.81 bits per heavy atom. The standard InChI is InChI=1S/C21H29N5O/c1-25(2)21(27)18-14-22-16-20(24-18)23-15-19(17-10-6-5-7-11-17)26-12-8-3-4-9-13-26/h5-7,10-11,14,16,19H,3-4,8-9,12-13,15H2,1-2H3,(H,23,24). The molecule has 0 spiro atoms. The monoisotopic (exact) mass is 367 g/mol. The molecule has 0 aliphatic carbocycles. The van der Waals surface area contributed by atoms with Crippen LogP contribution in [-0.2, 0) is 0 Å². The van der Waals surface area contributed by atoms with Crippen LogP contribution in [-0.4, -0.2) is 59.4 Å². The fraction of sp³-hybridized carbons (Fsp3) is 0.476. The van der Waals surface area contributed by atoms with Crippen LogP contribution in [0.15, 0.2) is 42.7 Å². The van der Waals surface area contributed by atoms with Crippen LogP contribution in [0, 0.1) is 0 Å². The Morgan fingerprint density at radius 3 is 2.48 bits per heavy atom. The summed E-state index contributed by atoms with van der Waals surface area (Å²) in [5, 5.41) is 3.41. The highest BCUT2D eigenvalue weighted by Gasteiger charge is 2.21. The number of nitrogens with one attached hydrogen (secondary N) is 1. The van der Waals surface area contributed by atoms with Crippen molar-refractivity contribution in [1.82, 2.24) is 19.8 Å². The fourth-order valence-electron chi connectivity index (χ4n) is 3.52. The van der Waals surface area contributed by atoms with Gasteiger partial charge in [0, 0.05) is 20.6 Å². The third kappa shape index (κ3) is 5.26. The lowest BCUT2D eigenvalue weighted by Gasteiger charge is -2.31. The number of nitrogens with zero attached hydrogens (tertiary/aromatic N) is 4. The molecule has 1 amide bonds. The molecule has 1 aliphatic heterocycles. The molecule has 27 heavy (non-hydrogen) atoms. The van der Waals surface area contributed by atoms with E-state index in [0.717, 1.165) is 19.6 Å². The van der Waals surface area contributed by atoms with Crippen molar-refractivity contribution in [3.05, 3.63) is 54.0 Å². The van der Waals surface area contributed by atoms with Gasteiger partial charge in [-0.1, -0.05) is 43.2 Å². The van der Waals surface area contributed by atoms with E-state index in [9.17, 15) is 4.79 Å². The van der Waals surface area contributed by atoms with Crippen LogP contribution in [0.2, 0.25) is 0 Å². The van der Waals surface area contributed by atoms with Gasteiger partial charge in [-0.25, -0.2) is 4.98 Å². The smallest absolute Gasteiger partial charge is 0.273 e. The summed E-state index contributed by atoms with van der Waals surface area (Å²) in [4.78, 5) is 24.8. The van der Waals surface area contributed by atoms with Crippen molar-refractivity contribution in [2.75, 3.05) is 39.0 Å². The Morgan fingerprint density at radius 1 is 1.11 bits per heavy atom. The lowest BCUT2D eigenvalue weighted by atomic mass is 10.0. The molecular formula is C21H29N5O. The number of likely N-dealkylation sites (tertiary alicyclic amines) is 1. The summed E-state index contributed by atoms with van der Waals surface area (Å²) in [7, 11) is 3.43. The second-order valence-corrected chi connectivity index (χ2v) is 7.25. The highest BCUT2D eigenvalue weighted by Crippen LogP contribution is 2.24. The molecule has 6 heteroatoms. The van der Waals surface area contributed by atoms with Crippen LogP contribution in [0.3, 0.4) is 0 Å². The van der Waals surface area contributed by atoms with E-state index in [-0.39, 0.29) is 11.9 Å². The largest absolute Gasteiger partial charge is 0.367 e. The average Bonchev–Trinajstić information content (AvgIpc) is 2.98. The van der Waals surface area contributed by atoms with Gasteiger partial charge in [-0.05, 0) is 31.5 Å². The molecule has 1 aromatic heterocycles. The maximum absolute atomic E-state index is 12.1. The van der Waals surface area contributed by atoms with E-state index in [2.05, 4.69) is 50.5 Å². The number of hydrogen-bond donors (Lipinski definition) is 1. The molecule has 0 bridgehead atoms. The summed E-state index contributed by atoms with van der Waals surface area (Å²) in [5.74, 6) is 0.497. The lowest BCUT2D eigenvalue weighted by molar-refractivity contribution is 0.0821. The zero-order valence-electron chi connectivity index (χ0n) is 16.3. The number of hydrogen-bond acceptors (Lipinski definition) is 5. The Hall–Kier alpha value is -2.47. The normalized spacial score (nSPS) is 16.4. The van der Waals surface area contributed by atoms with Gasteiger partial charge in [0.2, 0.25) is 0 Å². The Bertz CT molecular complexity index is 726. The molecule has 6 nitrogen and oxygen atoms in total. The first-order chi connectivity index (χ1) is 13.1. The third-order valence-corrected chi connectivity index (χ3v) is 5.00. The molecular weight excluding hydrogens is 338 g/mol. The molecule has 1 aromatic carbocycles. The molecule has 1 N–H and O–H groups in total. The number of carbonyl (C=O) groups excluding carboxylic acids is 1. The van der Waals surface area contributed by atoms with Gasteiger partial charge in [-0.15, -0.1) is 0 Å². The second kappa shape index (κ2) is 9.46. The molecule has 1 atom stereocenters. The summed E-state index contributed by atoms with van der Waals surface area (Å²) >= 11 is 0. The first-order valence-electron chi connectivity index (χ1n) is 9.71.